The topological polar surface area (TPSA) is 79.8 Å². The Morgan fingerprint density at radius 2 is 1.85 bits per heavy atom. The molecule has 6 heteroatoms. The number of aromatic amines is 1. The molecule has 0 saturated heterocycles. The SMILES string of the molecule is CC[C@H](C(=O)NCc1ccccc1)n1c2ccccc2c2cn[nH]c(=O)c21. The Morgan fingerprint density at radius 3 is 2.63 bits per heavy atom. The molecule has 6 nitrogen and oxygen atoms in total. The van der Waals surface area contributed by atoms with E-state index in [1.807, 2.05) is 66.1 Å². The highest BCUT2D eigenvalue weighted by Gasteiger charge is 2.24. The molecule has 136 valence electrons. The predicted octanol–water partition coefficient (Wildman–Crippen LogP) is 3.15. The largest absolute Gasteiger partial charge is 0.350 e. The van der Waals surface area contributed by atoms with Crippen molar-refractivity contribution < 1.29 is 4.79 Å². The van der Waals surface area contributed by atoms with E-state index in [4.69, 9.17) is 0 Å². The standard InChI is InChI=1S/C21H20N4O2/c1-2-17(20(26)22-12-14-8-4-3-5-9-14)25-18-11-7-6-10-15(18)16-13-23-24-21(27)19(16)25/h3-11,13,17H,2,12H2,1H3,(H,22,26)(H,24,27)/t17-/m1/s1. The number of hydrogen-bond donors (Lipinski definition) is 2. The van der Waals surface area contributed by atoms with Crippen molar-refractivity contribution in [1.29, 1.82) is 0 Å². The summed E-state index contributed by atoms with van der Waals surface area (Å²) in [4.78, 5) is 25.5. The Morgan fingerprint density at radius 1 is 1.11 bits per heavy atom. The summed E-state index contributed by atoms with van der Waals surface area (Å²) in [5.74, 6) is -0.111. The number of benzene rings is 2. The van der Waals surface area contributed by atoms with Crippen molar-refractivity contribution in [3.63, 3.8) is 0 Å². The molecule has 1 amide bonds. The molecular weight excluding hydrogens is 340 g/mol. The number of para-hydroxylation sites is 1. The Hall–Kier alpha value is -3.41. The zero-order chi connectivity index (χ0) is 18.8. The second-order valence-electron chi connectivity index (χ2n) is 6.48. The van der Waals surface area contributed by atoms with E-state index in [2.05, 4.69) is 15.5 Å². The molecule has 27 heavy (non-hydrogen) atoms. The summed E-state index contributed by atoms with van der Waals surface area (Å²) in [6.45, 7) is 2.40. The van der Waals surface area contributed by atoms with Gasteiger partial charge in [-0.25, -0.2) is 5.10 Å². The third-order valence-corrected chi connectivity index (χ3v) is 4.84. The smallest absolute Gasteiger partial charge is 0.288 e. The zero-order valence-corrected chi connectivity index (χ0v) is 15.0. The maximum Gasteiger partial charge on any atom is 0.288 e. The molecule has 2 aromatic heterocycles. The van der Waals surface area contributed by atoms with Gasteiger partial charge in [0.1, 0.15) is 11.6 Å². The Kier molecular flexibility index (Phi) is 4.46. The van der Waals surface area contributed by atoms with Gasteiger partial charge < -0.3 is 9.88 Å². The van der Waals surface area contributed by atoms with Crippen molar-refractivity contribution in [3.8, 4) is 0 Å². The fourth-order valence-electron chi connectivity index (χ4n) is 3.57. The third-order valence-electron chi connectivity index (χ3n) is 4.84. The van der Waals surface area contributed by atoms with Gasteiger partial charge in [0, 0.05) is 17.3 Å². The lowest BCUT2D eigenvalue weighted by Gasteiger charge is -2.19. The predicted molar refractivity (Wildman–Crippen MR) is 105 cm³/mol. The van der Waals surface area contributed by atoms with Crippen LogP contribution in [-0.4, -0.2) is 20.7 Å². The number of nitrogens with zero attached hydrogens (tertiary/aromatic N) is 2. The Bertz CT molecular complexity index is 1160. The first kappa shape index (κ1) is 17.0. The minimum atomic E-state index is -0.486. The molecule has 0 fully saturated rings. The molecular formula is C21H20N4O2. The second kappa shape index (κ2) is 7.07. The highest BCUT2D eigenvalue weighted by atomic mass is 16.2. The fraction of sp³-hybridized carbons (Fsp3) is 0.190. The minimum absolute atomic E-state index is 0.111. The maximum atomic E-state index is 13.0. The summed E-state index contributed by atoms with van der Waals surface area (Å²) in [5.41, 5.74) is 2.07. The van der Waals surface area contributed by atoms with Crippen LogP contribution >= 0.6 is 0 Å². The van der Waals surface area contributed by atoms with E-state index in [1.54, 1.807) is 6.20 Å². The molecule has 0 unspecified atom stereocenters. The van der Waals surface area contributed by atoms with E-state index in [1.165, 1.54) is 0 Å². The second-order valence-corrected chi connectivity index (χ2v) is 6.48. The van der Waals surface area contributed by atoms with Gasteiger partial charge in [0.25, 0.3) is 5.56 Å². The third kappa shape index (κ3) is 2.99. The van der Waals surface area contributed by atoms with Crippen LogP contribution in [0.4, 0.5) is 0 Å². The lowest BCUT2D eigenvalue weighted by Crippen LogP contribution is -2.32. The molecule has 2 heterocycles. The minimum Gasteiger partial charge on any atom is -0.350 e. The van der Waals surface area contributed by atoms with E-state index >= 15 is 0 Å². The van der Waals surface area contributed by atoms with Gasteiger partial charge in [-0.1, -0.05) is 55.5 Å². The highest BCUT2D eigenvalue weighted by molar-refractivity contribution is 6.08. The molecule has 0 aliphatic carbocycles. The lowest BCUT2D eigenvalue weighted by molar-refractivity contribution is -0.124. The zero-order valence-electron chi connectivity index (χ0n) is 15.0. The molecule has 1 atom stereocenters. The van der Waals surface area contributed by atoms with Crippen LogP contribution in [0.3, 0.4) is 0 Å². The van der Waals surface area contributed by atoms with Crippen LogP contribution in [0.5, 0.6) is 0 Å². The van der Waals surface area contributed by atoms with Gasteiger partial charge in [-0.05, 0) is 18.1 Å². The van der Waals surface area contributed by atoms with Crippen LogP contribution in [0.25, 0.3) is 21.8 Å². The summed E-state index contributed by atoms with van der Waals surface area (Å²) in [7, 11) is 0. The van der Waals surface area contributed by atoms with Gasteiger partial charge in [-0.3, -0.25) is 9.59 Å². The summed E-state index contributed by atoms with van der Waals surface area (Å²) in [6, 6.07) is 17.0. The van der Waals surface area contributed by atoms with Gasteiger partial charge in [-0.2, -0.15) is 5.10 Å². The number of H-pyrrole nitrogens is 1. The quantitative estimate of drug-likeness (QED) is 0.574. The van der Waals surface area contributed by atoms with Crippen LogP contribution in [0, 0.1) is 0 Å². The van der Waals surface area contributed by atoms with E-state index in [-0.39, 0.29) is 11.5 Å². The molecule has 0 bridgehead atoms. The molecule has 2 N–H and O–H groups in total. The summed E-state index contributed by atoms with van der Waals surface area (Å²) < 4.78 is 1.84. The van der Waals surface area contributed by atoms with E-state index in [9.17, 15) is 9.59 Å². The Balaban J connectivity index is 1.78. The van der Waals surface area contributed by atoms with Gasteiger partial charge in [0.15, 0.2) is 0 Å². The molecule has 0 spiro atoms. The fourth-order valence-corrected chi connectivity index (χ4v) is 3.57. The molecule has 0 radical (unpaired) electrons. The molecule has 0 aliphatic rings. The van der Waals surface area contributed by atoms with E-state index in [0.29, 0.717) is 18.5 Å². The first-order valence-corrected chi connectivity index (χ1v) is 8.98. The maximum absolute atomic E-state index is 13.0. The van der Waals surface area contributed by atoms with Gasteiger partial charge >= 0.3 is 0 Å². The normalized spacial score (nSPS) is 12.3. The van der Waals surface area contributed by atoms with Crippen molar-refractivity contribution in [3.05, 3.63) is 76.7 Å². The van der Waals surface area contributed by atoms with Crippen molar-refractivity contribution in [1.82, 2.24) is 20.1 Å². The van der Waals surface area contributed by atoms with Crippen LogP contribution in [0.15, 0.2) is 65.6 Å². The molecule has 4 aromatic rings. The highest BCUT2D eigenvalue weighted by Crippen LogP contribution is 2.30. The van der Waals surface area contributed by atoms with Crippen LogP contribution in [-0.2, 0) is 11.3 Å². The molecule has 0 aliphatic heterocycles. The number of rotatable bonds is 5. The average Bonchev–Trinajstić information content (AvgIpc) is 3.04. The summed E-state index contributed by atoms with van der Waals surface area (Å²) >= 11 is 0. The van der Waals surface area contributed by atoms with Crippen molar-refractivity contribution in [2.45, 2.75) is 25.9 Å². The van der Waals surface area contributed by atoms with Crippen molar-refractivity contribution in [2.24, 2.45) is 0 Å². The van der Waals surface area contributed by atoms with E-state index < -0.39 is 6.04 Å². The van der Waals surface area contributed by atoms with Gasteiger partial charge in [-0.15, -0.1) is 0 Å². The number of amides is 1. The Labute approximate surface area is 155 Å². The van der Waals surface area contributed by atoms with Gasteiger partial charge in [0.2, 0.25) is 5.91 Å². The summed E-state index contributed by atoms with van der Waals surface area (Å²) in [5, 5.41) is 11.1. The first-order chi connectivity index (χ1) is 13.2. The number of aromatic nitrogens is 3. The lowest BCUT2D eigenvalue weighted by atomic mass is 10.1. The number of fused-ring (bicyclic) bond motifs is 3. The van der Waals surface area contributed by atoms with Gasteiger partial charge in [0.05, 0.1) is 11.7 Å². The van der Waals surface area contributed by atoms with Crippen LogP contribution < -0.4 is 10.9 Å². The molecule has 2 aromatic carbocycles. The first-order valence-electron chi connectivity index (χ1n) is 8.98. The molecule has 4 rings (SSSR count). The number of hydrogen-bond acceptors (Lipinski definition) is 3. The number of nitrogens with one attached hydrogen (secondary N) is 2. The van der Waals surface area contributed by atoms with E-state index in [0.717, 1.165) is 21.9 Å². The van der Waals surface area contributed by atoms with Crippen molar-refractivity contribution in [2.75, 3.05) is 0 Å². The number of carbonyl (C=O) groups excluding carboxylic acids is 1. The van der Waals surface area contributed by atoms with Crippen LogP contribution in [0.1, 0.15) is 24.9 Å². The van der Waals surface area contributed by atoms with Crippen molar-refractivity contribution >= 4 is 27.7 Å². The summed E-state index contributed by atoms with van der Waals surface area (Å²) in [6.07, 6.45) is 2.21. The number of carbonyl (C=O) groups is 1. The molecule has 0 saturated carbocycles. The monoisotopic (exact) mass is 360 g/mol. The average molecular weight is 360 g/mol. The van der Waals surface area contributed by atoms with Crippen LogP contribution in [0.2, 0.25) is 0 Å².